The van der Waals surface area contributed by atoms with Gasteiger partial charge >= 0.3 is 5.97 Å². The fourth-order valence-electron chi connectivity index (χ4n) is 4.00. The molecule has 120 valence electrons. The molecule has 0 amide bonds. The minimum Gasteiger partial charge on any atom is -0.469 e. The molecule has 23 heavy (non-hydrogen) atoms. The molecule has 1 aromatic heterocycles. The number of ether oxygens (including phenoxy) is 1. The van der Waals surface area contributed by atoms with Gasteiger partial charge in [0, 0.05) is 24.5 Å². The number of furan rings is 1. The summed E-state index contributed by atoms with van der Waals surface area (Å²) in [5.41, 5.74) is 2.18. The third kappa shape index (κ3) is 2.57. The van der Waals surface area contributed by atoms with Gasteiger partial charge in [0.25, 0.3) is 0 Å². The average molecular weight is 311 g/mol. The van der Waals surface area contributed by atoms with Crippen LogP contribution in [0.5, 0.6) is 0 Å². The van der Waals surface area contributed by atoms with Crippen LogP contribution in [0.15, 0.2) is 47.1 Å². The predicted molar refractivity (Wildman–Crippen MR) is 88.0 cm³/mol. The molecule has 1 aliphatic carbocycles. The van der Waals surface area contributed by atoms with E-state index >= 15 is 0 Å². The van der Waals surface area contributed by atoms with E-state index in [1.807, 2.05) is 24.5 Å². The fraction of sp³-hybridized carbons (Fsp3) is 0.421. The summed E-state index contributed by atoms with van der Waals surface area (Å²) in [5.74, 6) is 0.359. The molecule has 1 saturated heterocycles. The SMILES string of the molecule is COC(=O)[C@@H]1C[C@H]2C=C[C@@H]1N(CCc1coc3ccccc13)C2. The predicted octanol–water partition coefficient (Wildman–Crippen LogP) is 3.02. The van der Waals surface area contributed by atoms with Crippen LogP contribution < -0.4 is 0 Å². The number of methoxy groups -OCH3 is 1. The van der Waals surface area contributed by atoms with Gasteiger partial charge in [-0.05, 0) is 30.4 Å². The summed E-state index contributed by atoms with van der Waals surface area (Å²) in [6.07, 6.45) is 8.15. The number of para-hydroxylation sites is 1. The molecule has 0 radical (unpaired) electrons. The zero-order chi connectivity index (χ0) is 15.8. The Morgan fingerprint density at radius 3 is 3.04 bits per heavy atom. The van der Waals surface area contributed by atoms with Gasteiger partial charge in [0.2, 0.25) is 0 Å². The Balaban J connectivity index is 1.49. The molecule has 2 bridgehead atoms. The lowest BCUT2D eigenvalue weighted by molar-refractivity contribution is -0.150. The summed E-state index contributed by atoms with van der Waals surface area (Å²) in [7, 11) is 1.48. The highest BCUT2D eigenvalue weighted by molar-refractivity contribution is 5.80. The van der Waals surface area contributed by atoms with Gasteiger partial charge in [0.05, 0.1) is 19.3 Å². The number of carbonyl (C=O) groups excluding carboxylic acids is 1. The van der Waals surface area contributed by atoms with Crippen molar-refractivity contribution < 1.29 is 13.9 Å². The standard InChI is InChI=1S/C19H21NO3/c1-22-19(21)16-10-13-6-7-17(16)20(11-13)9-8-14-12-23-18-5-3-2-4-15(14)18/h2-7,12-13,16-17H,8-11H2,1H3/t13-,16-,17+/m1/s1. The van der Waals surface area contributed by atoms with Gasteiger partial charge in [-0.3, -0.25) is 9.69 Å². The Labute approximate surface area is 135 Å². The highest BCUT2D eigenvalue weighted by atomic mass is 16.5. The third-order valence-electron chi connectivity index (χ3n) is 5.17. The number of piperidine rings is 1. The van der Waals surface area contributed by atoms with Gasteiger partial charge in [-0.1, -0.05) is 30.4 Å². The first-order valence-corrected chi connectivity index (χ1v) is 8.21. The van der Waals surface area contributed by atoms with E-state index in [0.717, 1.165) is 31.5 Å². The third-order valence-corrected chi connectivity index (χ3v) is 5.17. The molecule has 3 atom stereocenters. The number of benzene rings is 1. The van der Waals surface area contributed by atoms with Crippen molar-refractivity contribution in [1.29, 1.82) is 0 Å². The van der Waals surface area contributed by atoms with Gasteiger partial charge in [-0.15, -0.1) is 0 Å². The largest absolute Gasteiger partial charge is 0.469 e. The van der Waals surface area contributed by atoms with Crippen molar-refractivity contribution in [3.63, 3.8) is 0 Å². The van der Waals surface area contributed by atoms with Crippen molar-refractivity contribution in [1.82, 2.24) is 4.90 Å². The summed E-state index contributed by atoms with van der Waals surface area (Å²) in [5, 5.41) is 1.19. The van der Waals surface area contributed by atoms with Crippen LogP contribution in [0.3, 0.4) is 0 Å². The molecule has 4 nitrogen and oxygen atoms in total. The lowest BCUT2D eigenvalue weighted by Crippen LogP contribution is -2.53. The molecule has 2 aromatic rings. The van der Waals surface area contributed by atoms with E-state index in [4.69, 9.17) is 9.15 Å². The zero-order valence-electron chi connectivity index (χ0n) is 13.3. The van der Waals surface area contributed by atoms with Crippen LogP contribution in [0.1, 0.15) is 12.0 Å². The number of hydrogen-bond donors (Lipinski definition) is 0. The first kappa shape index (κ1) is 14.5. The Morgan fingerprint density at radius 1 is 1.35 bits per heavy atom. The van der Waals surface area contributed by atoms with E-state index in [-0.39, 0.29) is 17.9 Å². The quantitative estimate of drug-likeness (QED) is 0.643. The van der Waals surface area contributed by atoms with E-state index in [1.54, 1.807) is 0 Å². The number of nitrogens with zero attached hydrogens (tertiary/aromatic N) is 1. The van der Waals surface area contributed by atoms with Gasteiger partial charge in [0.15, 0.2) is 0 Å². The Kier molecular flexibility index (Phi) is 3.69. The van der Waals surface area contributed by atoms with Crippen LogP contribution in [0, 0.1) is 11.8 Å². The van der Waals surface area contributed by atoms with Crippen molar-refractivity contribution in [2.24, 2.45) is 11.8 Å². The lowest BCUT2D eigenvalue weighted by Gasteiger charge is -2.45. The summed E-state index contributed by atoms with van der Waals surface area (Å²) < 4.78 is 10.6. The number of esters is 1. The van der Waals surface area contributed by atoms with Crippen LogP contribution in [0.2, 0.25) is 0 Å². The first-order valence-electron chi connectivity index (χ1n) is 8.21. The van der Waals surface area contributed by atoms with Gasteiger partial charge in [0.1, 0.15) is 5.58 Å². The highest BCUT2D eigenvalue weighted by Crippen LogP contribution is 2.35. The van der Waals surface area contributed by atoms with Crippen molar-refractivity contribution >= 4 is 16.9 Å². The molecule has 0 unspecified atom stereocenters. The maximum absolute atomic E-state index is 12.0. The minimum atomic E-state index is -0.0807. The molecule has 2 aliphatic heterocycles. The van der Waals surface area contributed by atoms with E-state index in [1.165, 1.54) is 18.1 Å². The van der Waals surface area contributed by atoms with Gasteiger partial charge in [-0.2, -0.15) is 0 Å². The van der Waals surface area contributed by atoms with Crippen LogP contribution in [0.4, 0.5) is 0 Å². The van der Waals surface area contributed by atoms with Crippen molar-refractivity contribution in [2.75, 3.05) is 20.2 Å². The van der Waals surface area contributed by atoms with Crippen LogP contribution in [-0.4, -0.2) is 37.1 Å². The second kappa shape index (κ2) is 5.85. The molecular formula is C19H21NO3. The molecule has 3 aliphatic rings. The Bertz CT molecular complexity index is 748. The summed E-state index contributed by atoms with van der Waals surface area (Å²) in [6, 6.07) is 8.31. The number of fused-ring (bicyclic) bond motifs is 3. The van der Waals surface area contributed by atoms with Crippen molar-refractivity contribution in [3.8, 4) is 0 Å². The second-order valence-electron chi connectivity index (χ2n) is 6.50. The van der Waals surface area contributed by atoms with Crippen molar-refractivity contribution in [3.05, 3.63) is 48.2 Å². The second-order valence-corrected chi connectivity index (χ2v) is 6.50. The van der Waals surface area contributed by atoms with E-state index in [9.17, 15) is 4.79 Å². The molecule has 5 rings (SSSR count). The molecule has 0 spiro atoms. The van der Waals surface area contributed by atoms with Gasteiger partial charge < -0.3 is 9.15 Å². The Morgan fingerprint density at radius 2 is 2.22 bits per heavy atom. The number of rotatable bonds is 4. The molecule has 0 N–H and O–H groups in total. The fourth-order valence-corrected chi connectivity index (χ4v) is 4.00. The summed E-state index contributed by atoms with van der Waals surface area (Å²) in [4.78, 5) is 14.4. The summed E-state index contributed by atoms with van der Waals surface area (Å²) in [6.45, 7) is 1.97. The molecule has 0 saturated carbocycles. The van der Waals surface area contributed by atoms with E-state index < -0.39 is 0 Å². The average Bonchev–Trinajstić information content (AvgIpc) is 3.03. The van der Waals surface area contributed by atoms with Crippen LogP contribution in [0.25, 0.3) is 11.0 Å². The highest BCUT2D eigenvalue weighted by Gasteiger charge is 2.41. The summed E-state index contributed by atoms with van der Waals surface area (Å²) >= 11 is 0. The molecular weight excluding hydrogens is 290 g/mol. The maximum Gasteiger partial charge on any atom is 0.310 e. The molecule has 1 aromatic carbocycles. The zero-order valence-corrected chi connectivity index (χ0v) is 13.3. The van der Waals surface area contributed by atoms with Crippen LogP contribution in [-0.2, 0) is 16.0 Å². The number of hydrogen-bond acceptors (Lipinski definition) is 4. The van der Waals surface area contributed by atoms with Crippen LogP contribution >= 0.6 is 0 Å². The van der Waals surface area contributed by atoms with E-state index in [2.05, 4.69) is 23.1 Å². The first-order chi connectivity index (χ1) is 11.3. The van der Waals surface area contributed by atoms with Crippen molar-refractivity contribution in [2.45, 2.75) is 18.9 Å². The smallest absolute Gasteiger partial charge is 0.310 e. The topological polar surface area (TPSA) is 42.7 Å². The van der Waals surface area contributed by atoms with Gasteiger partial charge in [-0.25, -0.2) is 0 Å². The lowest BCUT2D eigenvalue weighted by atomic mass is 9.77. The normalized spacial score (nSPS) is 26.7. The molecule has 1 fully saturated rings. The maximum atomic E-state index is 12.0. The van der Waals surface area contributed by atoms with E-state index in [0.29, 0.717) is 5.92 Å². The molecule has 3 heterocycles. The molecule has 4 heteroatoms. The monoisotopic (exact) mass is 311 g/mol. The number of carbonyl (C=O) groups is 1. The minimum absolute atomic E-state index is 0.0233. The Hall–Kier alpha value is -2.07.